The molecule has 0 bridgehead atoms. The average molecular weight is 492 g/mol. The molecule has 2 aromatic carbocycles. The first-order valence-electron chi connectivity index (χ1n) is 10.0. The van der Waals surface area contributed by atoms with E-state index in [9.17, 15) is 13.5 Å². The zero-order valence-corrected chi connectivity index (χ0v) is 20.2. The quantitative estimate of drug-likeness (QED) is 0.346. The highest BCUT2D eigenvalue weighted by atomic mass is 35.5. The van der Waals surface area contributed by atoms with Crippen LogP contribution in [0.4, 0.5) is 0 Å². The molecule has 2 atom stereocenters. The van der Waals surface area contributed by atoms with Crippen LogP contribution in [0.15, 0.2) is 71.2 Å². The molecule has 0 saturated heterocycles. The van der Waals surface area contributed by atoms with E-state index in [2.05, 4.69) is 15.0 Å². The molecule has 0 spiro atoms. The van der Waals surface area contributed by atoms with Crippen molar-refractivity contribution in [2.45, 2.75) is 30.4 Å². The lowest BCUT2D eigenvalue weighted by Crippen LogP contribution is -2.44. The van der Waals surface area contributed by atoms with Gasteiger partial charge in [-0.25, -0.2) is 13.1 Å². The number of rotatable bonds is 8. The largest absolute Gasteiger partial charge is 0.384 e. The van der Waals surface area contributed by atoms with Gasteiger partial charge in [0.15, 0.2) is 0 Å². The van der Waals surface area contributed by atoms with E-state index in [4.69, 9.17) is 0 Å². The van der Waals surface area contributed by atoms with Crippen LogP contribution in [0.25, 0.3) is 20.9 Å². The first-order valence-corrected chi connectivity index (χ1v) is 12.4. The van der Waals surface area contributed by atoms with Crippen LogP contribution >= 0.6 is 23.7 Å². The van der Waals surface area contributed by atoms with Crippen molar-refractivity contribution in [2.75, 3.05) is 13.1 Å². The Balaban J connectivity index is 0.00000289. The van der Waals surface area contributed by atoms with Gasteiger partial charge in [0.25, 0.3) is 0 Å². The lowest BCUT2D eigenvalue weighted by Gasteiger charge is -2.25. The van der Waals surface area contributed by atoms with Crippen molar-refractivity contribution in [1.82, 2.24) is 15.0 Å². The summed E-state index contributed by atoms with van der Waals surface area (Å²) in [5.41, 5.74) is -0.244. The maximum absolute atomic E-state index is 12.8. The van der Waals surface area contributed by atoms with Gasteiger partial charge in [-0.1, -0.05) is 12.1 Å². The summed E-state index contributed by atoms with van der Waals surface area (Å²) >= 11 is 1.67. The summed E-state index contributed by atoms with van der Waals surface area (Å²) in [4.78, 5) is 4.26. The molecule has 2 aromatic heterocycles. The molecular formula is C23H26ClN3O3S2. The van der Waals surface area contributed by atoms with Crippen molar-refractivity contribution >= 4 is 54.6 Å². The lowest BCUT2D eigenvalue weighted by atomic mass is 9.95. The SMILES string of the molecule is C[C@H](CNCC(C)(O)c1ccc2sccc2c1)NS(=O)(=O)c1ccc2cnccc2c1.Cl. The molecule has 3 N–H and O–H groups in total. The maximum atomic E-state index is 12.8. The van der Waals surface area contributed by atoms with Crippen LogP contribution in [0.2, 0.25) is 0 Å². The molecule has 0 radical (unpaired) electrons. The molecule has 4 aromatic rings. The van der Waals surface area contributed by atoms with Crippen molar-refractivity contribution in [3.63, 3.8) is 0 Å². The van der Waals surface area contributed by atoms with Gasteiger partial charge in [-0.2, -0.15) is 0 Å². The number of nitrogens with zero attached hydrogens (tertiary/aromatic N) is 1. The number of thiophene rings is 1. The second kappa shape index (κ2) is 9.82. The number of aliphatic hydroxyl groups is 1. The van der Waals surface area contributed by atoms with E-state index in [0.717, 1.165) is 21.7 Å². The molecule has 6 nitrogen and oxygen atoms in total. The third-order valence-electron chi connectivity index (χ3n) is 5.27. The van der Waals surface area contributed by atoms with E-state index in [0.29, 0.717) is 13.1 Å². The van der Waals surface area contributed by atoms with Gasteiger partial charge in [0.2, 0.25) is 10.0 Å². The minimum Gasteiger partial charge on any atom is -0.384 e. The summed E-state index contributed by atoms with van der Waals surface area (Å²) in [6, 6.07) is 14.4. The fourth-order valence-corrected chi connectivity index (χ4v) is 5.59. The van der Waals surface area contributed by atoms with Gasteiger partial charge in [0.05, 0.1) is 10.5 Å². The monoisotopic (exact) mass is 491 g/mol. The van der Waals surface area contributed by atoms with Gasteiger partial charge >= 0.3 is 0 Å². The van der Waals surface area contributed by atoms with Crippen molar-refractivity contribution in [2.24, 2.45) is 0 Å². The summed E-state index contributed by atoms with van der Waals surface area (Å²) in [5, 5.41) is 18.9. The molecule has 4 rings (SSSR count). The second-order valence-electron chi connectivity index (χ2n) is 7.98. The first kappa shape index (κ1) is 24.6. The summed E-state index contributed by atoms with van der Waals surface area (Å²) in [6.07, 6.45) is 3.34. The van der Waals surface area contributed by atoms with Gasteiger partial charge in [-0.05, 0) is 72.0 Å². The van der Waals surface area contributed by atoms with E-state index in [-0.39, 0.29) is 23.3 Å². The zero-order valence-electron chi connectivity index (χ0n) is 17.8. The summed E-state index contributed by atoms with van der Waals surface area (Å²) in [6.45, 7) is 4.24. The fraction of sp³-hybridized carbons (Fsp3) is 0.261. The molecule has 1 unspecified atom stereocenters. The maximum Gasteiger partial charge on any atom is 0.240 e. The molecular weight excluding hydrogens is 466 g/mol. The predicted molar refractivity (Wildman–Crippen MR) is 133 cm³/mol. The molecule has 0 saturated carbocycles. The van der Waals surface area contributed by atoms with Gasteiger partial charge in [-0.3, -0.25) is 4.98 Å². The van der Waals surface area contributed by atoms with Gasteiger partial charge in [0, 0.05) is 41.6 Å². The normalized spacial score (nSPS) is 14.7. The van der Waals surface area contributed by atoms with Crippen molar-refractivity contribution in [3.8, 4) is 0 Å². The van der Waals surface area contributed by atoms with Crippen molar-refractivity contribution in [3.05, 3.63) is 71.9 Å². The van der Waals surface area contributed by atoms with Crippen LogP contribution in [0, 0.1) is 0 Å². The van der Waals surface area contributed by atoms with Crippen molar-refractivity contribution in [1.29, 1.82) is 0 Å². The standard InChI is InChI=1S/C23H25N3O3S2.ClH/c1-16(26-31(28,29)21-5-3-19-14-24-9-7-17(19)12-21)13-25-15-23(2,27)20-4-6-22-18(11-20)8-10-30-22;/h3-12,14,16,25-27H,13,15H2,1-2H3;1H/t16-,23?;/m1./s1. The fourth-order valence-electron chi connectivity index (χ4n) is 3.54. The smallest absolute Gasteiger partial charge is 0.240 e. The van der Waals surface area contributed by atoms with Crippen LogP contribution in [0.1, 0.15) is 19.4 Å². The van der Waals surface area contributed by atoms with E-state index >= 15 is 0 Å². The Morgan fingerprint density at radius 3 is 2.72 bits per heavy atom. The molecule has 0 aliphatic rings. The number of nitrogens with one attached hydrogen (secondary N) is 2. The number of hydrogen-bond donors (Lipinski definition) is 3. The van der Waals surface area contributed by atoms with E-state index in [1.807, 2.05) is 29.6 Å². The third kappa shape index (κ3) is 5.46. The lowest BCUT2D eigenvalue weighted by molar-refractivity contribution is 0.0570. The Kier molecular flexibility index (Phi) is 7.54. The summed E-state index contributed by atoms with van der Waals surface area (Å²) < 4.78 is 29.4. The van der Waals surface area contributed by atoms with Crippen LogP contribution in [0.5, 0.6) is 0 Å². The highest BCUT2D eigenvalue weighted by Crippen LogP contribution is 2.27. The van der Waals surface area contributed by atoms with Crippen LogP contribution in [-0.4, -0.2) is 37.6 Å². The molecule has 32 heavy (non-hydrogen) atoms. The number of benzene rings is 2. The van der Waals surface area contributed by atoms with E-state index < -0.39 is 15.6 Å². The highest BCUT2D eigenvalue weighted by Gasteiger charge is 2.24. The zero-order chi connectivity index (χ0) is 22.1. The summed E-state index contributed by atoms with van der Waals surface area (Å²) in [7, 11) is -3.66. The van der Waals surface area contributed by atoms with Crippen LogP contribution in [0.3, 0.4) is 0 Å². The Morgan fingerprint density at radius 1 is 1.09 bits per heavy atom. The minimum atomic E-state index is -3.66. The van der Waals surface area contributed by atoms with Gasteiger partial charge in [0.1, 0.15) is 0 Å². The molecule has 9 heteroatoms. The topological polar surface area (TPSA) is 91.3 Å². The molecule has 0 aliphatic carbocycles. The van der Waals surface area contributed by atoms with Crippen LogP contribution < -0.4 is 10.0 Å². The molecule has 0 aliphatic heterocycles. The van der Waals surface area contributed by atoms with E-state index in [1.54, 1.807) is 61.8 Å². The second-order valence-corrected chi connectivity index (χ2v) is 10.6. The van der Waals surface area contributed by atoms with Crippen LogP contribution in [-0.2, 0) is 15.6 Å². The Labute approximate surface area is 198 Å². The average Bonchev–Trinajstić information content (AvgIpc) is 3.21. The number of fused-ring (bicyclic) bond motifs is 2. The Morgan fingerprint density at radius 2 is 1.91 bits per heavy atom. The van der Waals surface area contributed by atoms with Gasteiger partial charge < -0.3 is 10.4 Å². The number of halogens is 1. The number of pyridine rings is 1. The number of sulfonamides is 1. The van der Waals surface area contributed by atoms with E-state index in [1.165, 1.54) is 4.70 Å². The molecule has 0 amide bonds. The first-order chi connectivity index (χ1) is 14.7. The minimum absolute atomic E-state index is 0. The molecule has 170 valence electrons. The van der Waals surface area contributed by atoms with Gasteiger partial charge in [-0.15, -0.1) is 23.7 Å². The predicted octanol–water partition coefficient (Wildman–Crippen LogP) is 4.04. The number of aromatic nitrogens is 1. The number of hydrogen-bond acceptors (Lipinski definition) is 6. The Hall–Kier alpha value is -2.07. The molecule has 2 heterocycles. The Bertz CT molecular complexity index is 1320. The third-order valence-corrected chi connectivity index (χ3v) is 7.76. The highest BCUT2D eigenvalue weighted by molar-refractivity contribution is 7.89. The summed E-state index contributed by atoms with van der Waals surface area (Å²) in [5.74, 6) is 0. The van der Waals surface area contributed by atoms with Crippen molar-refractivity contribution < 1.29 is 13.5 Å². The molecule has 0 fully saturated rings.